The Labute approximate surface area is 82.5 Å². The molecule has 0 fully saturated rings. The van der Waals surface area contributed by atoms with Crippen LogP contribution in [-0.4, -0.2) is 35.6 Å². The zero-order valence-electron chi connectivity index (χ0n) is 7.88. The number of hydrogen-bond donors (Lipinski definition) is 2. The Hall–Kier alpha value is -1.11. The van der Waals surface area contributed by atoms with Crippen LogP contribution in [0.3, 0.4) is 0 Å². The zero-order valence-corrected chi connectivity index (χ0v) is 7.88. The van der Waals surface area contributed by atoms with E-state index < -0.39 is 7.12 Å². The highest BCUT2D eigenvalue weighted by Gasteiger charge is 2.11. The van der Waals surface area contributed by atoms with Crippen molar-refractivity contribution in [2.24, 2.45) is 0 Å². The van der Waals surface area contributed by atoms with Gasteiger partial charge in [0.15, 0.2) is 6.79 Å². The quantitative estimate of drug-likeness (QED) is 0.365. The van der Waals surface area contributed by atoms with E-state index in [4.69, 9.17) is 19.5 Å². The molecule has 76 valence electrons. The Morgan fingerprint density at radius 3 is 2.86 bits per heavy atom. The van der Waals surface area contributed by atoms with Crippen LogP contribution in [0.25, 0.3) is 0 Å². The molecule has 0 aliphatic rings. The average Bonchev–Trinajstić information content (AvgIpc) is 2.19. The van der Waals surface area contributed by atoms with Gasteiger partial charge in [0.25, 0.3) is 0 Å². The number of hydrogen-bond acceptors (Lipinski definition) is 5. The Bertz CT molecular complexity index is 282. The number of aromatic nitrogens is 1. The molecule has 0 unspecified atom stereocenters. The second-order valence-electron chi connectivity index (χ2n) is 2.58. The fraction of sp³-hybridized carbons (Fsp3) is 0.375. The van der Waals surface area contributed by atoms with Crippen molar-refractivity contribution < 1.29 is 19.5 Å². The largest absolute Gasteiger partial charge is 0.490 e. The van der Waals surface area contributed by atoms with Crippen LogP contribution in [0.15, 0.2) is 18.5 Å². The maximum absolute atomic E-state index is 8.85. The Balaban J connectivity index is 2.55. The summed E-state index contributed by atoms with van der Waals surface area (Å²) in [6.07, 6.45) is 2.84. The fourth-order valence-electron chi connectivity index (χ4n) is 0.849. The summed E-state index contributed by atoms with van der Waals surface area (Å²) in [5, 5.41) is 17.7. The first-order valence-electron chi connectivity index (χ1n) is 4.25. The summed E-state index contributed by atoms with van der Waals surface area (Å²) >= 11 is 0. The molecule has 1 rings (SSSR count). The molecule has 0 saturated carbocycles. The minimum absolute atomic E-state index is 0.128. The van der Waals surface area contributed by atoms with Gasteiger partial charge in [-0.3, -0.25) is 4.98 Å². The highest BCUT2D eigenvalue weighted by molar-refractivity contribution is 6.58. The molecule has 0 aliphatic heterocycles. The molecule has 0 radical (unpaired) electrons. The monoisotopic (exact) mass is 197 g/mol. The number of rotatable bonds is 5. The molecule has 0 spiro atoms. The lowest BCUT2D eigenvalue weighted by molar-refractivity contribution is 0.0222. The molecule has 14 heavy (non-hydrogen) atoms. The van der Waals surface area contributed by atoms with Crippen LogP contribution >= 0.6 is 0 Å². The van der Waals surface area contributed by atoms with Crippen molar-refractivity contribution in [1.82, 2.24) is 4.98 Å². The average molecular weight is 197 g/mol. The minimum Gasteiger partial charge on any atom is -0.466 e. The summed E-state index contributed by atoms with van der Waals surface area (Å²) in [4.78, 5) is 3.78. The fourth-order valence-corrected chi connectivity index (χ4v) is 0.849. The molecule has 2 N–H and O–H groups in total. The van der Waals surface area contributed by atoms with E-state index in [2.05, 4.69) is 4.98 Å². The van der Waals surface area contributed by atoms with E-state index >= 15 is 0 Å². The van der Waals surface area contributed by atoms with Crippen LogP contribution in [0.2, 0.25) is 0 Å². The third kappa shape index (κ3) is 3.33. The normalized spacial score (nSPS) is 9.93. The highest BCUT2D eigenvalue weighted by atomic mass is 16.7. The van der Waals surface area contributed by atoms with E-state index in [1.54, 1.807) is 0 Å². The van der Waals surface area contributed by atoms with Crippen molar-refractivity contribution in [2.45, 2.75) is 6.92 Å². The van der Waals surface area contributed by atoms with Crippen LogP contribution in [-0.2, 0) is 4.74 Å². The van der Waals surface area contributed by atoms with E-state index in [1.807, 2.05) is 6.92 Å². The summed E-state index contributed by atoms with van der Waals surface area (Å²) in [5.74, 6) is 0.448. The third-order valence-electron chi connectivity index (χ3n) is 1.55. The van der Waals surface area contributed by atoms with Crippen molar-refractivity contribution in [3.05, 3.63) is 18.5 Å². The van der Waals surface area contributed by atoms with Crippen molar-refractivity contribution >= 4 is 12.6 Å². The summed E-state index contributed by atoms with van der Waals surface area (Å²) in [5.41, 5.74) is 0.291. The highest BCUT2D eigenvalue weighted by Crippen LogP contribution is 2.04. The van der Waals surface area contributed by atoms with Crippen molar-refractivity contribution in [3.63, 3.8) is 0 Å². The Morgan fingerprint density at radius 1 is 1.43 bits per heavy atom. The van der Waals surface area contributed by atoms with Gasteiger partial charge in [0.1, 0.15) is 5.75 Å². The number of ether oxygens (including phenoxy) is 2. The molecule has 0 bridgehead atoms. The summed E-state index contributed by atoms with van der Waals surface area (Å²) < 4.78 is 10.1. The van der Waals surface area contributed by atoms with E-state index in [9.17, 15) is 0 Å². The summed E-state index contributed by atoms with van der Waals surface area (Å²) in [6, 6.07) is 1.50. The van der Waals surface area contributed by atoms with Gasteiger partial charge >= 0.3 is 7.12 Å². The van der Waals surface area contributed by atoms with Gasteiger partial charge in [0, 0.05) is 18.3 Å². The predicted molar refractivity (Wildman–Crippen MR) is 51.2 cm³/mol. The van der Waals surface area contributed by atoms with Gasteiger partial charge < -0.3 is 19.5 Å². The van der Waals surface area contributed by atoms with Crippen molar-refractivity contribution in [3.8, 4) is 5.75 Å². The van der Waals surface area contributed by atoms with E-state index in [0.29, 0.717) is 17.8 Å². The van der Waals surface area contributed by atoms with Gasteiger partial charge in [-0.1, -0.05) is 0 Å². The summed E-state index contributed by atoms with van der Waals surface area (Å²) in [6.45, 7) is 2.55. The van der Waals surface area contributed by atoms with Gasteiger partial charge in [-0.15, -0.1) is 0 Å². The number of pyridine rings is 1. The second kappa shape index (κ2) is 5.59. The second-order valence-corrected chi connectivity index (χ2v) is 2.58. The smallest absolute Gasteiger partial charge is 0.466 e. The molecule has 0 amide bonds. The first-order chi connectivity index (χ1) is 6.74. The van der Waals surface area contributed by atoms with E-state index in [1.165, 1.54) is 18.5 Å². The van der Waals surface area contributed by atoms with Gasteiger partial charge in [-0.05, 0) is 13.0 Å². The van der Waals surface area contributed by atoms with Gasteiger partial charge in [0.05, 0.1) is 6.20 Å². The maximum atomic E-state index is 8.85. The molecule has 1 aromatic rings. The van der Waals surface area contributed by atoms with Crippen LogP contribution < -0.4 is 10.2 Å². The lowest BCUT2D eigenvalue weighted by Crippen LogP contribution is -2.30. The van der Waals surface area contributed by atoms with E-state index in [0.717, 1.165) is 0 Å². The SMILES string of the molecule is CCOCOc1cncc(B(O)O)c1. The molecule has 0 aromatic carbocycles. The topological polar surface area (TPSA) is 71.8 Å². The molecule has 0 aliphatic carbocycles. The predicted octanol–water partition coefficient (Wildman–Crippen LogP) is -0.866. The zero-order chi connectivity index (χ0) is 10.4. The van der Waals surface area contributed by atoms with Crippen molar-refractivity contribution in [2.75, 3.05) is 13.4 Å². The minimum atomic E-state index is -1.53. The van der Waals surface area contributed by atoms with Crippen LogP contribution in [0.4, 0.5) is 0 Å². The van der Waals surface area contributed by atoms with Crippen LogP contribution in [0.1, 0.15) is 6.92 Å². The lowest BCUT2D eigenvalue weighted by Gasteiger charge is -2.06. The Morgan fingerprint density at radius 2 is 2.21 bits per heavy atom. The van der Waals surface area contributed by atoms with E-state index in [-0.39, 0.29) is 6.79 Å². The maximum Gasteiger partial charge on any atom is 0.490 e. The molecular formula is C8H12BNO4. The molecule has 0 atom stereocenters. The molecule has 5 nitrogen and oxygen atoms in total. The number of nitrogens with zero attached hydrogens (tertiary/aromatic N) is 1. The molecule has 0 saturated heterocycles. The van der Waals surface area contributed by atoms with Gasteiger partial charge in [-0.2, -0.15) is 0 Å². The van der Waals surface area contributed by atoms with Crippen LogP contribution in [0.5, 0.6) is 5.75 Å². The van der Waals surface area contributed by atoms with Gasteiger partial charge in [0.2, 0.25) is 0 Å². The molecule has 1 aromatic heterocycles. The van der Waals surface area contributed by atoms with Gasteiger partial charge in [-0.25, -0.2) is 0 Å². The molecular weight excluding hydrogens is 185 g/mol. The standard InChI is InChI=1S/C8H12BNO4/c1-2-13-6-14-8-3-7(9(11)12)4-10-5-8/h3-5,11-12H,2,6H2,1H3. The first-order valence-corrected chi connectivity index (χ1v) is 4.25. The first kappa shape index (κ1) is 11.0. The third-order valence-corrected chi connectivity index (χ3v) is 1.55. The molecule has 6 heteroatoms. The van der Waals surface area contributed by atoms with Crippen molar-refractivity contribution in [1.29, 1.82) is 0 Å². The van der Waals surface area contributed by atoms with Crippen LogP contribution in [0, 0.1) is 0 Å². The lowest BCUT2D eigenvalue weighted by atomic mass is 9.82. The molecule has 1 heterocycles. The Kier molecular flexibility index (Phi) is 4.38. The summed E-state index contributed by atoms with van der Waals surface area (Å²) in [7, 11) is -1.53.